The molecular weight excluding hydrogens is 375 g/mol. The normalized spacial score (nSPS) is 11.9. The van der Waals surface area contributed by atoms with Gasteiger partial charge in [0.15, 0.2) is 11.5 Å². The van der Waals surface area contributed by atoms with E-state index in [4.69, 9.17) is 9.47 Å². The van der Waals surface area contributed by atoms with E-state index in [2.05, 4.69) is 20.6 Å². The van der Waals surface area contributed by atoms with Crippen LogP contribution in [0.25, 0.3) is 0 Å². The lowest BCUT2D eigenvalue weighted by atomic mass is 10.1. The molecule has 3 aromatic rings. The Kier molecular flexibility index (Phi) is 5.24. The van der Waals surface area contributed by atoms with Crippen LogP contribution in [0.4, 0.5) is 16.0 Å². The predicted molar refractivity (Wildman–Crippen MR) is 105 cm³/mol. The van der Waals surface area contributed by atoms with Crippen molar-refractivity contribution in [3.63, 3.8) is 0 Å². The minimum Gasteiger partial charge on any atom is -0.454 e. The first kappa shape index (κ1) is 18.7. The number of aromatic nitrogens is 2. The number of fused-ring (bicyclic) bond motifs is 1. The van der Waals surface area contributed by atoms with Crippen molar-refractivity contribution in [3.05, 3.63) is 71.3 Å². The minimum absolute atomic E-state index is 0.191. The molecule has 0 fully saturated rings. The molecule has 2 N–H and O–H groups in total. The zero-order valence-corrected chi connectivity index (χ0v) is 15.7. The highest BCUT2D eigenvalue weighted by atomic mass is 19.1. The van der Waals surface area contributed by atoms with E-state index in [1.807, 2.05) is 6.07 Å². The molecule has 1 amide bonds. The maximum atomic E-state index is 13.7. The lowest BCUT2D eigenvalue weighted by Crippen LogP contribution is -2.27. The summed E-state index contributed by atoms with van der Waals surface area (Å²) < 4.78 is 24.3. The van der Waals surface area contributed by atoms with Crippen molar-refractivity contribution < 1.29 is 18.7 Å². The van der Waals surface area contributed by atoms with Gasteiger partial charge in [-0.25, -0.2) is 14.4 Å². The molecule has 148 valence electrons. The number of benzene rings is 2. The van der Waals surface area contributed by atoms with E-state index in [1.165, 1.54) is 6.07 Å². The molecule has 2 heterocycles. The second-order valence-corrected chi connectivity index (χ2v) is 6.51. The van der Waals surface area contributed by atoms with Crippen molar-refractivity contribution in [2.45, 2.75) is 13.3 Å². The van der Waals surface area contributed by atoms with Crippen LogP contribution >= 0.6 is 0 Å². The average molecular weight is 394 g/mol. The van der Waals surface area contributed by atoms with Crippen LogP contribution in [0.3, 0.4) is 0 Å². The highest BCUT2D eigenvalue weighted by Gasteiger charge is 2.15. The van der Waals surface area contributed by atoms with E-state index in [0.717, 1.165) is 0 Å². The molecule has 0 saturated heterocycles. The van der Waals surface area contributed by atoms with Crippen LogP contribution in [-0.4, -0.2) is 29.2 Å². The first-order chi connectivity index (χ1) is 14.1. The van der Waals surface area contributed by atoms with Gasteiger partial charge < -0.3 is 20.1 Å². The van der Waals surface area contributed by atoms with Gasteiger partial charge in [-0.2, -0.15) is 0 Å². The molecular formula is C21H19FN4O3. The van der Waals surface area contributed by atoms with E-state index in [-0.39, 0.29) is 24.2 Å². The van der Waals surface area contributed by atoms with Crippen molar-refractivity contribution in [1.29, 1.82) is 0 Å². The number of carbonyl (C=O) groups is 1. The number of hydrogen-bond acceptors (Lipinski definition) is 6. The van der Waals surface area contributed by atoms with Gasteiger partial charge in [0.05, 0.1) is 0 Å². The first-order valence-corrected chi connectivity index (χ1v) is 9.12. The Hall–Kier alpha value is -3.68. The molecule has 0 aliphatic carbocycles. The van der Waals surface area contributed by atoms with Gasteiger partial charge in [-0.1, -0.05) is 18.2 Å². The summed E-state index contributed by atoms with van der Waals surface area (Å²) >= 11 is 0. The van der Waals surface area contributed by atoms with Gasteiger partial charge in [-0.05, 0) is 43.2 Å². The molecule has 0 unspecified atom stereocenters. The largest absolute Gasteiger partial charge is 0.454 e. The molecule has 0 saturated carbocycles. The molecule has 1 aliphatic rings. The highest BCUT2D eigenvalue weighted by Crippen LogP contribution is 2.34. The lowest BCUT2D eigenvalue weighted by Gasteiger charge is -2.10. The van der Waals surface area contributed by atoms with Gasteiger partial charge in [0.2, 0.25) is 12.7 Å². The van der Waals surface area contributed by atoms with Gasteiger partial charge in [0, 0.05) is 24.0 Å². The molecule has 1 aromatic heterocycles. The van der Waals surface area contributed by atoms with Crippen LogP contribution in [0.2, 0.25) is 0 Å². The second kappa shape index (κ2) is 8.14. The third-order valence-corrected chi connectivity index (χ3v) is 4.35. The maximum Gasteiger partial charge on any atom is 0.270 e. The third-order valence-electron chi connectivity index (χ3n) is 4.35. The second-order valence-electron chi connectivity index (χ2n) is 6.51. The number of anilines is 2. The lowest BCUT2D eigenvalue weighted by molar-refractivity contribution is 0.0949. The number of hydrogen-bond donors (Lipinski definition) is 2. The summed E-state index contributed by atoms with van der Waals surface area (Å²) in [5, 5.41) is 5.84. The summed E-state index contributed by atoms with van der Waals surface area (Å²) in [6.07, 6.45) is 0.394. The number of ether oxygens (including phenoxy) is 2. The van der Waals surface area contributed by atoms with Crippen molar-refractivity contribution >= 4 is 17.5 Å². The summed E-state index contributed by atoms with van der Waals surface area (Å²) in [6.45, 7) is 2.27. The summed E-state index contributed by atoms with van der Waals surface area (Å²) in [5.41, 5.74) is 2.14. The number of amides is 1. The predicted octanol–water partition coefficient (Wildman–Crippen LogP) is 3.37. The van der Waals surface area contributed by atoms with E-state index >= 15 is 0 Å². The van der Waals surface area contributed by atoms with Gasteiger partial charge in [-0.3, -0.25) is 4.79 Å². The first-order valence-electron chi connectivity index (χ1n) is 9.12. The molecule has 29 heavy (non-hydrogen) atoms. The summed E-state index contributed by atoms with van der Waals surface area (Å²) in [5.74, 6) is 0.975. The molecule has 4 rings (SSSR count). The standard InChI is InChI=1S/C21H19FN4O3/c1-13-10-17(20(27)23-9-8-14-4-2-3-5-16(14)22)26-21(24-13)25-15-6-7-18-19(11-15)29-12-28-18/h2-7,10-11H,8-9,12H2,1H3,(H,23,27)(H,24,25,26). The molecule has 0 atom stereocenters. The molecule has 0 radical (unpaired) electrons. The summed E-state index contributed by atoms with van der Waals surface area (Å²) in [6, 6.07) is 13.5. The number of aryl methyl sites for hydroxylation is 1. The topological polar surface area (TPSA) is 85.4 Å². The van der Waals surface area contributed by atoms with Gasteiger partial charge in [0.25, 0.3) is 5.91 Å². The minimum atomic E-state index is -0.347. The SMILES string of the molecule is Cc1cc(C(=O)NCCc2ccccc2F)nc(Nc2ccc3c(c2)OCO3)n1. The van der Waals surface area contributed by atoms with E-state index in [0.29, 0.717) is 47.4 Å². The van der Waals surface area contributed by atoms with Crippen LogP contribution in [0.1, 0.15) is 21.7 Å². The Balaban J connectivity index is 1.42. The Morgan fingerprint density at radius 3 is 2.79 bits per heavy atom. The van der Waals surface area contributed by atoms with Gasteiger partial charge in [0.1, 0.15) is 11.5 Å². The molecule has 0 spiro atoms. The van der Waals surface area contributed by atoms with Crippen molar-refractivity contribution in [3.8, 4) is 11.5 Å². The number of carbonyl (C=O) groups excluding carboxylic acids is 1. The Bertz CT molecular complexity index is 1060. The monoisotopic (exact) mass is 394 g/mol. The van der Waals surface area contributed by atoms with Crippen LogP contribution in [-0.2, 0) is 6.42 Å². The zero-order valence-electron chi connectivity index (χ0n) is 15.7. The van der Waals surface area contributed by atoms with Crippen molar-refractivity contribution in [2.24, 2.45) is 0 Å². The van der Waals surface area contributed by atoms with Crippen molar-refractivity contribution in [2.75, 3.05) is 18.7 Å². The smallest absolute Gasteiger partial charge is 0.270 e. The van der Waals surface area contributed by atoms with Crippen LogP contribution in [0.5, 0.6) is 11.5 Å². The van der Waals surface area contributed by atoms with Crippen LogP contribution in [0, 0.1) is 12.7 Å². The molecule has 1 aliphatic heterocycles. The molecule has 8 heteroatoms. The quantitative estimate of drug-likeness (QED) is 0.667. The fraction of sp³-hybridized carbons (Fsp3) is 0.190. The summed E-state index contributed by atoms with van der Waals surface area (Å²) in [7, 11) is 0. The van der Waals surface area contributed by atoms with Gasteiger partial charge >= 0.3 is 0 Å². The zero-order chi connectivity index (χ0) is 20.2. The number of halogens is 1. The Morgan fingerprint density at radius 2 is 1.93 bits per heavy atom. The highest BCUT2D eigenvalue weighted by molar-refractivity contribution is 5.92. The molecule has 0 bridgehead atoms. The van der Waals surface area contributed by atoms with E-state index < -0.39 is 0 Å². The van der Waals surface area contributed by atoms with Crippen molar-refractivity contribution in [1.82, 2.24) is 15.3 Å². The fourth-order valence-electron chi connectivity index (χ4n) is 2.95. The third kappa shape index (κ3) is 4.43. The summed E-state index contributed by atoms with van der Waals surface area (Å²) in [4.78, 5) is 21.1. The van der Waals surface area contributed by atoms with Crippen LogP contribution < -0.4 is 20.1 Å². The average Bonchev–Trinajstić information content (AvgIpc) is 3.17. The fourth-order valence-corrected chi connectivity index (χ4v) is 2.95. The number of nitrogens with zero attached hydrogens (tertiary/aromatic N) is 2. The number of rotatable bonds is 6. The van der Waals surface area contributed by atoms with E-state index in [1.54, 1.807) is 43.3 Å². The molecule has 7 nitrogen and oxygen atoms in total. The Morgan fingerprint density at radius 1 is 1.10 bits per heavy atom. The Labute approximate surface area is 166 Å². The number of nitrogens with one attached hydrogen (secondary N) is 2. The van der Waals surface area contributed by atoms with Crippen LogP contribution in [0.15, 0.2) is 48.5 Å². The van der Waals surface area contributed by atoms with Gasteiger partial charge in [-0.15, -0.1) is 0 Å². The molecule has 2 aromatic carbocycles. The maximum absolute atomic E-state index is 13.7. The van der Waals surface area contributed by atoms with E-state index in [9.17, 15) is 9.18 Å².